The third-order valence-corrected chi connectivity index (χ3v) is 5.92. The fraction of sp³-hybridized carbons (Fsp3) is 0.318. The lowest BCUT2D eigenvalue weighted by Crippen LogP contribution is -2.40. The van der Waals surface area contributed by atoms with Crippen molar-refractivity contribution >= 4 is 21.8 Å². The van der Waals surface area contributed by atoms with E-state index in [4.69, 9.17) is 4.52 Å². The van der Waals surface area contributed by atoms with Gasteiger partial charge >= 0.3 is 0 Å². The average Bonchev–Trinajstić information content (AvgIpc) is 3.16. The number of carbonyl (C=O) groups is 1. The van der Waals surface area contributed by atoms with Crippen molar-refractivity contribution in [3.8, 4) is 11.4 Å². The Balaban J connectivity index is 1.44. The molecule has 1 saturated heterocycles. The van der Waals surface area contributed by atoms with Gasteiger partial charge in [-0.1, -0.05) is 41.6 Å². The van der Waals surface area contributed by atoms with Crippen LogP contribution >= 0.6 is 15.9 Å². The Morgan fingerprint density at radius 1 is 1.21 bits per heavy atom. The molecule has 2 heterocycles. The molecule has 4 rings (SSSR count). The third-order valence-electron chi connectivity index (χ3n) is 5.23. The minimum Gasteiger partial charge on any atom is -0.339 e. The van der Waals surface area contributed by atoms with Crippen LogP contribution in [0, 0.1) is 12.8 Å². The second-order valence-corrected chi connectivity index (χ2v) is 8.12. The van der Waals surface area contributed by atoms with Gasteiger partial charge in [0.2, 0.25) is 11.7 Å². The Kier molecular flexibility index (Phi) is 5.57. The quantitative estimate of drug-likeness (QED) is 0.579. The van der Waals surface area contributed by atoms with E-state index in [1.165, 1.54) is 0 Å². The lowest BCUT2D eigenvalue weighted by molar-refractivity contribution is 0.0667. The molecule has 1 unspecified atom stereocenters. The predicted octanol–water partition coefficient (Wildman–Crippen LogP) is 4.90. The zero-order valence-corrected chi connectivity index (χ0v) is 17.4. The fourth-order valence-corrected chi connectivity index (χ4v) is 4.19. The predicted molar refractivity (Wildman–Crippen MR) is 111 cm³/mol. The number of hydrogen-bond donors (Lipinski definition) is 0. The van der Waals surface area contributed by atoms with Crippen molar-refractivity contribution in [1.29, 1.82) is 0 Å². The van der Waals surface area contributed by atoms with Crippen LogP contribution in [0.2, 0.25) is 0 Å². The number of piperidine rings is 1. The number of rotatable bonds is 4. The second kappa shape index (κ2) is 8.27. The molecule has 6 heteroatoms. The summed E-state index contributed by atoms with van der Waals surface area (Å²) in [6.07, 6.45) is 2.74. The van der Waals surface area contributed by atoms with Gasteiger partial charge in [-0.25, -0.2) is 0 Å². The van der Waals surface area contributed by atoms with E-state index in [1.807, 2.05) is 60.4 Å². The Morgan fingerprint density at radius 3 is 2.82 bits per heavy atom. The molecule has 3 aromatic rings. The van der Waals surface area contributed by atoms with E-state index in [9.17, 15) is 4.79 Å². The molecule has 0 bridgehead atoms. The molecule has 1 aliphatic heterocycles. The highest BCUT2D eigenvalue weighted by Crippen LogP contribution is 2.26. The SMILES string of the molecule is Cc1ccccc1-c1noc(CC2CCCN(C(=O)c3ccccc3Br)C2)n1. The Morgan fingerprint density at radius 2 is 2.00 bits per heavy atom. The van der Waals surface area contributed by atoms with Crippen LogP contribution in [0.3, 0.4) is 0 Å². The maximum atomic E-state index is 12.9. The molecule has 5 nitrogen and oxygen atoms in total. The maximum Gasteiger partial charge on any atom is 0.255 e. The fourth-order valence-electron chi connectivity index (χ4n) is 3.74. The van der Waals surface area contributed by atoms with Crippen molar-refractivity contribution in [2.45, 2.75) is 26.2 Å². The van der Waals surface area contributed by atoms with Gasteiger partial charge in [-0.15, -0.1) is 0 Å². The van der Waals surface area contributed by atoms with Crippen LogP contribution in [-0.2, 0) is 6.42 Å². The van der Waals surface area contributed by atoms with Crippen molar-refractivity contribution in [2.24, 2.45) is 5.92 Å². The molecular formula is C22H22BrN3O2. The smallest absolute Gasteiger partial charge is 0.255 e. The summed E-state index contributed by atoms with van der Waals surface area (Å²) in [5, 5.41) is 4.15. The molecule has 1 aromatic heterocycles. The van der Waals surface area contributed by atoms with Gasteiger partial charge in [-0.2, -0.15) is 4.98 Å². The summed E-state index contributed by atoms with van der Waals surface area (Å²) < 4.78 is 6.34. The molecular weight excluding hydrogens is 418 g/mol. The van der Waals surface area contributed by atoms with Crippen LogP contribution in [0.1, 0.15) is 34.7 Å². The third kappa shape index (κ3) is 4.02. The molecule has 28 heavy (non-hydrogen) atoms. The number of halogens is 1. The lowest BCUT2D eigenvalue weighted by Gasteiger charge is -2.32. The van der Waals surface area contributed by atoms with Crippen LogP contribution in [0.5, 0.6) is 0 Å². The molecule has 144 valence electrons. The molecule has 0 N–H and O–H groups in total. The largest absolute Gasteiger partial charge is 0.339 e. The van der Waals surface area contributed by atoms with Crippen molar-refractivity contribution in [1.82, 2.24) is 15.0 Å². The highest BCUT2D eigenvalue weighted by molar-refractivity contribution is 9.10. The normalized spacial score (nSPS) is 16.9. The van der Waals surface area contributed by atoms with Crippen LogP contribution in [0.25, 0.3) is 11.4 Å². The maximum absolute atomic E-state index is 12.9. The minimum atomic E-state index is 0.0725. The van der Waals surface area contributed by atoms with Crippen molar-refractivity contribution in [3.05, 3.63) is 70.0 Å². The Labute approximate surface area is 172 Å². The second-order valence-electron chi connectivity index (χ2n) is 7.27. The number of amides is 1. The number of aromatic nitrogens is 2. The molecule has 1 aliphatic rings. The van der Waals surface area contributed by atoms with Crippen molar-refractivity contribution < 1.29 is 9.32 Å². The molecule has 1 fully saturated rings. The molecule has 1 atom stereocenters. The first-order valence-corrected chi connectivity index (χ1v) is 10.3. The summed E-state index contributed by atoms with van der Waals surface area (Å²) in [5.41, 5.74) is 2.83. The van der Waals surface area contributed by atoms with E-state index < -0.39 is 0 Å². The number of benzene rings is 2. The van der Waals surface area contributed by atoms with Gasteiger partial charge < -0.3 is 9.42 Å². The highest BCUT2D eigenvalue weighted by Gasteiger charge is 2.27. The lowest BCUT2D eigenvalue weighted by atomic mass is 9.94. The topological polar surface area (TPSA) is 59.2 Å². The summed E-state index contributed by atoms with van der Waals surface area (Å²) in [7, 11) is 0. The van der Waals surface area contributed by atoms with Gasteiger partial charge in [0.25, 0.3) is 5.91 Å². The number of hydrogen-bond acceptors (Lipinski definition) is 4. The Hall–Kier alpha value is -2.47. The summed E-state index contributed by atoms with van der Waals surface area (Å²) in [4.78, 5) is 19.4. The van der Waals surface area contributed by atoms with Gasteiger partial charge in [0.05, 0.1) is 5.56 Å². The molecule has 2 aromatic carbocycles. The summed E-state index contributed by atoms with van der Waals surface area (Å²) in [6, 6.07) is 15.6. The number of nitrogens with zero attached hydrogens (tertiary/aromatic N) is 3. The molecule has 0 aliphatic carbocycles. The summed E-state index contributed by atoms with van der Waals surface area (Å²) in [6.45, 7) is 3.54. The van der Waals surface area contributed by atoms with Crippen LogP contribution in [0.4, 0.5) is 0 Å². The van der Waals surface area contributed by atoms with Gasteiger partial charge in [-0.05, 0) is 59.3 Å². The monoisotopic (exact) mass is 439 g/mol. The van der Waals surface area contributed by atoms with E-state index in [1.54, 1.807) is 0 Å². The first-order chi connectivity index (χ1) is 13.6. The van der Waals surface area contributed by atoms with E-state index >= 15 is 0 Å². The molecule has 0 radical (unpaired) electrons. The zero-order chi connectivity index (χ0) is 19.5. The number of aryl methyl sites for hydroxylation is 1. The van der Waals surface area contributed by atoms with Crippen LogP contribution in [-0.4, -0.2) is 34.0 Å². The summed E-state index contributed by atoms with van der Waals surface area (Å²) >= 11 is 3.48. The van der Waals surface area contributed by atoms with Gasteiger partial charge in [0.15, 0.2) is 0 Å². The van der Waals surface area contributed by atoms with Crippen molar-refractivity contribution in [3.63, 3.8) is 0 Å². The van der Waals surface area contributed by atoms with Gasteiger partial charge in [0, 0.05) is 29.5 Å². The minimum absolute atomic E-state index is 0.0725. The zero-order valence-electron chi connectivity index (χ0n) is 15.8. The van der Waals surface area contributed by atoms with E-state index in [0.717, 1.165) is 35.0 Å². The standard InChI is InChI=1S/C22H22BrN3O2/c1-15-7-2-3-9-17(15)21-24-20(28-25-21)13-16-8-6-12-26(14-16)22(27)18-10-4-5-11-19(18)23/h2-5,7,9-11,16H,6,8,12-14H2,1H3. The molecule has 0 saturated carbocycles. The van der Waals surface area contributed by atoms with E-state index in [2.05, 4.69) is 26.1 Å². The molecule has 0 spiro atoms. The van der Waals surface area contributed by atoms with Gasteiger partial charge in [-0.3, -0.25) is 4.79 Å². The Bertz CT molecular complexity index is 985. The number of likely N-dealkylation sites (tertiary alicyclic amines) is 1. The van der Waals surface area contributed by atoms with E-state index in [-0.39, 0.29) is 5.91 Å². The highest BCUT2D eigenvalue weighted by atomic mass is 79.9. The van der Waals surface area contributed by atoms with Gasteiger partial charge in [0.1, 0.15) is 0 Å². The average molecular weight is 440 g/mol. The van der Waals surface area contributed by atoms with Crippen LogP contribution < -0.4 is 0 Å². The summed E-state index contributed by atoms with van der Waals surface area (Å²) in [5.74, 6) is 1.66. The van der Waals surface area contributed by atoms with Crippen molar-refractivity contribution in [2.75, 3.05) is 13.1 Å². The molecule has 1 amide bonds. The first-order valence-electron chi connectivity index (χ1n) is 9.54. The van der Waals surface area contributed by atoms with E-state index in [0.29, 0.717) is 36.2 Å². The van der Waals surface area contributed by atoms with Crippen LogP contribution in [0.15, 0.2) is 57.5 Å². The number of carbonyl (C=O) groups excluding carboxylic acids is 1. The first kappa shape index (κ1) is 18.9.